The zero-order valence-corrected chi connectivity index (χ0v) is 10.9. The second-order valence-electron chi connectivity index (χ2n) is 4.08. The molecule has 0 saturated carbocycles. The van der Waals surface area contributed by atoms with Crippen molar-refractivity contribution in [3.63, 3.8) is 0 Å². The van der Waals surface area contributed by atoms with Crippen molar-refractivity contribution in [3.8, 4) is 11.6 Å². The second-order valence-corrected chi connectivity index (χ2v) is 4.08. The summed E-state index contributed by atoms with van der Waals surface area (Å²) < 4.78 is 5.84. The van der Waals surface area contributed by atoms with Gasteiger partial charge < -0.3 is 10.1 Å². The standard InChI is InChI=1S/C14H17N3O/c1-4-15-14-16-9-11(3)13(17-14)18-12-8-6-5-7-10(12)2/h5-9H,4H2,1-3H3,(H,15,16,17). The van der Waals surface area contributed by atoms with Gasteiger partial charge in [-0.3, -0.25) is 0 Å². The van der Waals surface area contributed by atoms with Gasteiger partial charge in [0.2, 0.25) is 11.8 Å². The molecule has 0 radical (unpaired) electrons. The first-order valence-electron chi connectivity index (χ1n) is 6.01. The number of rotatable bonds is 4. The molecule has 1 N–H and O–H groups in total. The van der Waals surface area contributed by atoms with E-state index in [9.17, 15) is 0 Å². The van der Waals surface area contributed by atoms with Crippen LogP contribution in [0, 0.1) is 13.8 Å². The Kier molecular flexibility index (Phi) is 3.77. The first-order valence-corrected chi connectivity index (χ1v) is 6.01. The van der Waals surface area contributed by atoms with E-state index in [1.807, 2.05) is 45.0 Å². The Morgan fingerprint density at radius 3 is 2.67 bits per heavy atom. The van der Waals surface area contributed by atoms with Crippen LogP contribution in [0.3, 0.4) is 0 Å². The molecule has 1 aromatic carbocycles. The van der Waals surface area contributed by atoms with Crippen LogP contribution in [0.5, 0.6) is 11.6 Å². The fourth-order valence-electron chi connectivity index (χ4n) is 1.55. The van der Waals surface area contributed by atoms with Gasteiger partial charge in [0, 0.05) is 18.3 Å². The lowest BCUT2D eigenvalue weighted by molar-refractivity contribution is 0.455. The third kappa shape index (κ3) is 2.77. The van der Waals surface area contributed by atoms with Gasteiger partial charge in [0.1, 0.15) is 5.75 Å². The summed E-state index contributed by atoms with van der Waals surface area (Å²) >= 11 is 0. The summed E-state index contributed by atoms with van der Waals surface area (Å²) in [5.74, 6) is 2.00. The van der Waals surface area contributed by atoms with Crippen LogP contribution < -0.4 is 10.1 Å². The van der Waals surface area contributed by atoms with E-state index in [4.69, 9.17) is 4.74 Å². The Hall–Kier alpha value is -2.10. The lowest BCUT2D eigenvalue weighted by Gasteiger charge is -2.10. The zero-order chi connectivity index (χ0) is 13.0. The number of aromatic nitrogens is 2. The molecule has 2 rings (SSSR count). The summed E-state index contributed by atoms with van der Waals surface area (Å²) in [7, 11) is 0. The zero-order valence-electron chi connectivity index (χ0n) is 10.9. The molecule has 1 aromatic heterocycles. The maximum Gasteiger partial charge on any atom is 0.226 e. The maximum atomic E-state index is 5.84. The summed E-state index contributed by atoms with van der Waals surface area (Å²) in [4.78, 5) is 8.54. The van der Waals surface area contributed by atoms with E-state index in [0.29, 0.717) is 11.8 Å². The van der Waals surface area contributed by atoms with Crippen molar-refractivity contribution in [2.75, 3.05) is 11.9 Å². The van der Waals surface area contributed by atoms with Crippen LogP contribution in [0.25, 0.3) is 0 Å². The maximum absolute atomic E-state index is 5.84. The first-order chi connectivity index (χ1) is 8.70. The Labute approximate surface area is 107 Å². The van der Waals surface area contributed by atoms with Gasteiger partial charge >= 0.3 is 0 Å². The number of aryl methyl sites for hydroxylation is 2. The highest BCUT2D eigenvalue weighted by molar-refractivity contribution is 5.39. The summed E-state index contributed by atoms with van der Waals surface area (Å²) in [5.41, 5.74) is 2.00. The largest absolute Gasteiger partial charge is 0.438 e. The van der Waals surface area contributed by atoms with Gasteiger partial charge in [-0.05, 0) is 32.4 Å². The van der Waals surface area contributed by atoms with Crippen molar-refractivity contribution in [2.45, 2.75) is 20.8 Å². The number of benzene rings is 1. The number of hydrogen-bond donors (Lipinski definition) is 1. The van der Waals surface area contributed by atoms with E-state index in [1.54, 1.807) is 6.20 Å². The molecule has 0 atom stereocenters. The number of para-hydroxylation sites is 1. The number of ether oxygens (including phenoxy) is 1. The molecular formula is C14H17N3O. The quantitative estimate of drug-likeness (QED) is 0.894. The van der Waals surface area contributed by atoms with Gasteiger partial charge in [-0.1, -0.05) is 18.2 Å². The van der Waals surface area contributed by atoms with Crippen LogP contribution in [0.1, 0.15) is 18.1 Å². The molecule has 2 aromatic rings. The smallest absolute Gasteiger partial charge is 0.226 e. The van der Waals surface area contributed by atoms with E-state index in [0.717, 1.165) is 23.4 Å². The van der Waals surface area contributed by atoms with Crippen LogP contribution in [0.2, 0.25) is 0 Å². The fourth-order valence-corrected chi connectivity index (χ4v) is 1.55. The van der Waals surface area contributed by atoms with E-state index in [2.05, 4.69) is 15.3 Å². The Bertz CT molecular complexity index is 540. The molecular weight excluding hydrogens is 226 g/mol. The molecule has 1 heterocycles. The topological polar surface area (TPSA) is 47.0 Å². The minimum Gasteiger partial charge on any atom is -0.438 e. The molecule has 4 nitrogen and oxygen atoms in total. The molecule has 94 valence electrons. The Morgan fingerprint density at radius 1 is 1.17 bits per heavy atom. The molecule has 0 aliphatic heterocycles. The molecule has 0 bridgehead atoms. The van der Waals surface area contributed by atoms with Gasteiger partial charge in [0.25, 0.3) is 0 Å². The van der Waals surface area contributed by atoms with Crippen LogP contribution in [-0.4, -0.2) is 16.5 Å². The van der Waals surface area contributed by atoms with Crippen LogP contribution in [-0.2, 0) is 0 Å². The normalized spacial score (nSPS) is 10.2. The molecule has 0 saturated heterocycles. The molecule has 0 aliphatic rings. The predicted molar refractivity (Wildman–Crippen MR) is 72.2 cm³/mol. The molecule has 0 fully saturated rings. The van der Waals surface area contributed by atoms with Crippen molar-refractivity contribution in [1.82, 2.24) is 9.97 Å². The van der Waals surface area contributed by atoms with Gasteiger partial charge in [-0.15, -0.1) is 0 Å². The van der Waals surface area contributed by atoms with E-state index >= 15 is 0 Å². The lowest BCUT2D eigenvalue weighted by atomic mass is 10.2. The Morgan fingerprint density at radius 2 is 1.94 bits per heavy atom. The van der Waals surface area contributed by atoms with Gasteiger partial charge in [-0.2, -0.15) is 4.98 Å². The lowest BCUT2D eigenvalue weighted by Crippen LogP contribution is -2.04. The summed E-state index contributed by atoms with van der Waals surface area (Å²) in [6.45, 7) is 6.73. The van der Waals surface area contributed by atoms with Gasteiger partial charge in [0.05, 0.1) is 0 Å². The minimum absolute atomic E-state index is 0.590. The number of anilines is 1. The molecule has 0 spiro atoms. The van der Waals surface area contributed by atoms with E-state index in [-0.39, 0.29) is 0 Å². The summed E-state index contributed by atoms with van der Waals surface area (Å²) in [6, 6.07) is 7.88. The Balaban J connectivity index is 2.28. The summed E-state index contributed by atoms with van der Waals surface area (Å²) in [5, 5.41) is 3.07. The van der Waals surface area contributed by atoms with Crippen LogP contribution in [0.4, 0.5) is 5.95 Å². The van der Waals surface area contributed by atoms with E-state index in [1.165, 1.54) is 0 Å². The third-order valence-corrected chi connectivity index (χ3v) is 2.56. The average Bonchev–Trinajstić information content (AvgIpc) is 2.36. The van der Waals surface area contributed by atoms with Crippen molar-refractivity contribution < 1.29 is 4.74 Å². The van der Waals surface area contributed by atoms with Gasteiger partial charge in [0.15, 0.2) is 0 Å². The number of hydrogen-bond acceptors (Lipinski definition) is 4. The fraction of sp³-hybridized carbons (Fsp3) is 0.286. The highest BCUT2D eigenvalue weighted by atomic mass is 16.5. The van der Waals surface area contributed by atoms with Crippen LogP contribution in [0.15, 0.2) is 30.5 Å². The monoisotopic (exact) mass is 243 g/mol. The number of nitrogens with one attached hydrogen (secondary N) is 1. The molecule has 4 heteroatoms. The number of nitrogens with zero attached hydrogens (tertiary/aromatic N) is 2. The third-order valence-electron chi connectivity index (χ3n) is 2.56. The molecule has 0 unspecified atom stereocenters. The molecule has 0 aliphatic carbocycles. The minimum atomic E-state index is 0.590. The second kappa shape index (κ2) is 5.49. The van der Waals surface area contributed by atoms with Crippen LogP contribution >= 0.6 is 0 Å². The predicted octanol–water partition coefficient (Wildman–Crippen LogP) is 3.32. The molecule has 0 amide bonds. The van der Waals surface area contributed by atoms with Crippen molar-refractivity contribution in [3.05, 3.63) is 41.6 Å². The van der Waals surface area contributed by atoms with Gasteiger partial charge in [-0.25, -0.2) is 4.98 Å². The average molecular weight is 243 g/mol. The van der Waals surface area contributed by atoms with E-state index < -0.39 is 0 Å². The van der Waals surface area contributed by atoms with Crippen molar-refractivity contribution in [2.24, 2.45) is 0 Å². The SMILES string of the molecule is CCNc1ncc(C)c(Oc2ccccc2C)n1. The summed E-state index contributed by atoms with van der Waals surface area (Å²) in [6.07, 6.45) is 1.76. The van der Waals surface area contributed by atoms with Crippen molar-refractivity contribution >= 4 is 5.95 Å². The van der Waals surface area contributed by atoms with Crippen molar-refractivity contribution in [1.29, 1.82) is 0 Å². The molecule has 18 heavy (non-hydrogen) atoms. The highest BCUT2D eigenvalue weighted by Crippen LogP contribution is 2.25. The first kappa shape index (κ1) is 12.4. The highest BCUT2D eigenvalue weighted by Gasteiger charge is 2.07.